The molecule has 0 radical (unpaired) electrons. The van der Waals surface area contributed by atoms with E-state index in [0.717, 1.165) is 58.9 Å². The standard InChI is InChI=1S/C28H64N2O4Si2/c1-7-31-35(32-8-2)27(5)21-25-30(26-22-28(6)36(33-9-3)34-10-4)24-20-18-16-14-12-11-13-15-17-19-23-29/h27-28,35-36H,7-26,29H2,1-6H3. The Balaban J connectivity index is 4.52. The average Bonchev–Trinajstić information content (AvgIpc) is 2.87. The largest absolute Gasteiger partial charge is 0.397 e. The van der Waals surface area contributed by atoms with Crippen LogP contribution >= 0.6 is 0 Å². The molecule has 0 aliphatic heterocycles. The maximum atomic E-state index is 6.00. The van der Waals surface area contributed by atoms with E-state index in [2.05, 4.69) is 46.4 Å². The molecule has 0 rings (SSSR count). The van der Waals surface area contributed by atoms with Gasteiger partial charge in [0.05, 0.1) is 0 Å². The Morgan fingerprint density at radius 2 is 0.861 bits per heavy atom. The van der Waals surface area contributed by atoms with Crippen molar-refractivity contribution >= 4 is 18.6 Å². The van der Waals surface area contributed by atoms with Crippen LogP contribution in [-0.4, -0.2) is 76.1 Å². The van der Waals surface area contributed by atoms with Crippen molar-refractivity contribution in [3.63, 3.8) is 0 Å². The number of hydrogen-bond acceptors (Lipinski definition) is 6. The van der Waals surface area contributed by atoms with Crippen molar-refractivity contribution in [2.45, 2.75) is 130 Å². The van der Waals surface area contributed by atoms with Crippen LogP contribution in [0.1, 0.15) is 119 Å². The van der Waals surface area contributed by atoms with Crippen molar-refractivity contribution in [2.24, 2.45) is 5.73 Å². The Kier molecular flexibility index (Phi) is 26.9. The van der Waals surface area contributed by atoms with Crippen LogP contribution in [0.4, 0.5) is 0 Å². The molecule has 218 valence electrons. The molecule has 2 N–H and O–H groups in total. The maximum absolute atomic E-state index is 6.00. The highest BCUT2D eigenvalue weighted by Crippen LogP contribution is 2.21. The monoisotopic (exact) mass is 548 g/mol. The molecule has 0 fully saturated rings. The number of nitrogens with zero attached hydrogens (tertiary/aromatic N) is 1. The molecule has 8 heteroatoms. The predicted molar refractivity (Wildman–Crippen MR) is 161 cm³/mol. The van der Waals surface area contributed by atoms with E-state index in [0.29, 0.717) is 11.1 Å². The third-order valence-electron chi connectivity index (χ3n) is 6.98. The van der Waals surface area contributed by atoms with Gasteiger partial charge in [-0.3, -0.25) is 0 Å². The second kappa shape index (κ2) is 26.8. The van der Waals surface area contributed by atoms with Gasteiger partial charge in [0.25, 0.3) is 0 Å². The summed E-state index contributed by atoms with van der Waals surface area (Å²) in [4.78, 5) is 2.69. The van der Waals surface area contributed by atoms with E-state index in [1.807, 2.05) is 0 Å². The first kappa shape index (κ1) is 36.2. The summed E-state index contributed by atoms with van der Waals surface area (Å²) >= 11 is 0. The minimum Gasteiger partial charge on any atom is -0.397 e. The van der Waals surface area contributed by atoms with Crippen LogP contribution in [0, 0.1) is 0 Å². The minimum atomic E-state index is -1.59. The summed E-state index contributed by atoms with van der Waals surface area (Å²) < 4.78 is 24.0. The highest BCUT2D eigenvalue weighted by atomic mass is 28.3. The molecule has 0 aromatic rings. The predicted octanol–water partition coefficient (Wildman–Crippen LogP) is 6.30. The first-order valence-corrected chi connectivity index (χ1v) is 18.6. The molecule has 0 amide bonds. The summed E-state index contributed by atoms with van der Waals surface area (Å²) in [5.41, 5.74) is 6.64. The summed E-state index contributed by atoms with van der Waals surface area (Å²) in [7, 11) is -3.17. The van der Waals surface area contributed by atoms with E-state index in [1.54, 1.807) is 0 Å². The van der Waals surface area contributed by atoms with Gasteiger partial charge < -0.3 is 28.3 Å². The zero-order valence-corrected chi connectivity index (χ0v) is 27.4. The molecule has 0 bridgehead atoms. The van der Waals surface area contributed by atoms with Crippen molar-refractivity contribution in [3.8, 4) is 0 Å². The minimum absolute atomic E-state index is 0.531. The van der Waals surface area contributed by atoms with Crippen LogP contribution in [0.5, 0.6) is 0 Å². The molecule has 0 saturated carbocycles. The van der Waals surface area contributed by atoms with Crippen molar-refractivity contribution in [2.75, 3.05) is 52.6 Å². The Morgan fingerprint density at radius 3 is 1.19 bits per heavy atom. The van der Waals surface area contributed by atoms with Gasteiger partial charge in [-0.2, -0.15) is 0 Å². The fourth-order valence-corrected chi connectivity index (χ4v) is 8.35. The molecule has 0 saturated heterocycles. The van der Waals surface area contributed by atoms with Crippen LogP contribution in [0.2, 0.25) is 11.1 Å². The fourth-order valence-electron chi connectivity index (χ4n) is 4.68. The molecule has 0 spiro atoms. The normalized spacial score (nSPS) is 13.8. The summed E-state index contributed by atoms with van der Waals surface area (Å²) in [5, 5.41) is 0. The number of rotatable bonds is 28. The molecule has 0 aromatic heterocycles. The Hall–Kier alpha value is 0.194. The number of unbranched alkanes of at least 4 members (excludes halogenated alkanes) is 9. The third-order valence-corrected chi connectivity index (χ3v) is 12.2. The zero-order chi connectivity index (χ0) is 26.9. The van der Waals surface area contributed by atoms with E-state index >= 15 is 0 Å². The number of hydrogen-bond donors (Lipinski definition) is 1. The van der Waals surface area contributed by atoms with Gasteiger partial charge in [0, 0.05) is 26.4 Å². The fraction of sp³-hybridized carbons (Fsp3) is 1.00. The van der Waals surface area contributed by atoms with Gasteiger partial charge in [-0.05, 0) is 90.6 Å². The first-order valence-electron chi connectivity index (χ1n) is 15.4. The summed E-state index contributed by atoms with van der Waals surface area (Å²) in [6, 6.07) is 0. The number of nitrogens with two attached hydrogens (primary N) is 1. The van der Waals surface area contributed by atoms with Crippen molar-refractivity contribution in [1.82, 2.24) is 4.90 Å². The van der Waals surface area contributed by atoms with Gasteiger partial charge in [-0.1, -0.05) is 65.2 Å². The van der Waals surface area contributed by atoms with E-state index < -0.39 is 18.6 Å². The van der Waals surface area contributed by atoms with Crippen LogP contribution in [0.25, 0.3) is 0 Å². The first-order chi connectivity index (χ1) is 17.5. The second-order valence-electron chi connectivity index (χ2n) is 10.3. The van der Waals surface area contributed by atoms with Crippen molar-refractivity contribution in [3.05, 3.63) is 0 Å². The van der Waals surface area contributed by atoms with Gasteiger partial charge in [0.2, 0.25) is 0 Å². The molecular weight excluding hydrogens is 484 g/mol. The smallest absolute Gasteiger partial charge is 0.324 e. The van der Waals surface area contributed by atoms with Crippen LogP contribution in [0.15, 0.2) is 0 Å². The van der Waals surface area contributed by atoms with E-state index in [-0.39, 0.29) is 0 Å². The Morgan fingerprint density at radius 1 is 0.528 bits per heavy atom. The third kappa shape index (κ3) is 20.2. The van der Waals surface area contributed by atoms with Crippen LogP contribution < -0.4 is 5.73 Å². The SMILES string of the molecule is CCO[SiH](OCC)C(C)CCN(CCCCCCCCCCCCN)CCC(C)[SiH](OCC)OCC. The van der Waals surface area contributed by atoms with Gasteiger partial charge in [0.1, 0.15) is 0 Å². The molecular formula is C28H64N2O4Si2. The van der Waals surface area contributed by atoms with Crippen LogP contribution in [0.3, 0.4) is 0 Å². The molecule has 2 unspecified atom stereocenters. The van der Waals surface area contributed by atoms with Gasteiger partial charge in [-0.25, -0.2) is 0 Å². The molecule has 0 aliphatic carbocycles. The molecule has 0 aromatic carbocycles. The van der Waals surface area contributed by atoms with E-state index in [1.165, 1.54) is 70.8 Å². The molecule has 6 nitrogen and oxygen atoms in total. The quantitative estimate of drug-likeness (QED) is 0.0915. The summed E-state index contributed by atoms with van der Waals surface area (Å²) in [6.07, 6.45) is 15.7. The van der Waals surface area contributed by atoms with Crippen LogP contribution in [-0.2, 0) is 17.7 Å². The van der Waals surface area contributed by atoms with E-state index in [9.17, 15) is 0 Å². The zero-order valence-electron chi connectivity index (χ0n) is 25.1. The highest BCUT2D eigenvalue weighted by molar-refractivity contribution is 6.46. The second-order valence-corrected chi connectivity index (χ2v) is 15.3. The summed E-state index contributed by atoms with van der Waals surface area (Å²) in [6.45, 7) is 20.3. The lowest BCUT2D eigenvalue weighted by molar-refractivity contribution is 0.191. The molecule has 0 heterocycles. The van der Waals surface area contributed by atoms with E-state index in [4.69, 9.17) is 23.4 Å². The summed E-state index contributed by atoms with van der Waals surface area (Å²) in [5.74, 6) is 0. The molecule has 0 aliphatic rings. The Bertz CT molecular complexity index is 414. The maximum Gasteiger partial charge on any atom is 0.324 e. The van der Waals surface area contributed by atoms with Gasteiger partial charge in [-0.15, -0.1) is 0 Å². The van der Waals surface area contributed by atoms with Crippen molar-refractivity contribution < 1.29 is 17.7 Å². The Labute approximate surface area is 229 Å². The lowest BCUT2D eigenvalue weighted by atomic mass is 10.1. The van der Waals surface area contributed by atoms with Gasteiger partial charge >= 0.3 is 18.6 Å². The van der Waals surface area contributed by atoms with Gasteiger partial charge in [0.15, 0.2) is 0 Å². The lowest BCUT2D eigenvalue weighted by Crippen LogP contribution is -2.34. The average molecular weight is 549 g/mol. The molecule has 36 heavy (non-hydrogen) atoms. The molecule has 2 atom stereocenters. The van der Waals surface area contributed by atoms with Crippen molar-refractivity contribution in [1.29, 1.82) is 0 Å². The highest BCUT2D eigenvalue weighted by Gasteiger charge is 2.24. The lowest BCUT2D eigenvalue weighted by Gasteiger charge is -2.28. The topological polar surface area (TPSA) is 66.2 Å².